The number of aliphatic hydroxyl groups is 1. The van der Waals surface area contributed by atoms with Crippen molar-refractivity contribution in [2.45, 2.75) is 25.0 Å². The summed E-state index contributed by atoms with van der Waals surface area (Å²) in [7, 11) is 0. The molecule has 2 aromatic carbocycles. The first-order chi connectivity index (χ1) is 12.3. The molecule has 4 nitrogen and oxygen atoms in total. The van der Waals surface area contributed by atoms with E-state index in [0.29, 0.717) is 11.1 Å². The Morgan fingerprint density at radius 1 is 0.885 bits per heavy atom. The van der Waals surface area contributed by atoms with Crippen LogP contribution in [-0.4, -0.2) is 45.8 Å². The zero-order valence-corrected chi connectivity index (χ0v) is 14.0. The molecule has 1 heterocycles. The summed E-state index contributed by atoms with van der Waals surface area (Å²) < 4.78 is 41.1. The van der Waals surface area contributed by atoms with E-state index in [4.69, 9.17) is 0 Å². The van der Waals surface area contributed by atoms with E-state index >= 15 is 0 Å². The Hall–Kier alpha value is -2.38. The molecule has 0 unspecified atom stereocenters. The van der Waals surface area contributed by atoms with Crippen LogP contribution in [0.25, 0.3) is 0 Å². The van der Waals surface area contributed by atoms with Gasteiger partial charge in [0.05, 0.1) is 0 Å². The van der Waals surface area contributed by atoms with Crippen molar-refractivity contribution in [2.24, 2.45) is 0 Å². The highest BCUT2D eigenvalue weighted by Crippen LogP contribution is 2.38. The molecule has 1 amide bonds. The van der Waals surface area contributed by atoms with Crippen LogP contribution in [0.1, 0.15) is 11.1 Å². The second-order valence-corrected chi connectivity index (χ2v) is 6.29. The van der Waals surface area contributed by atoms with Crippen molar-refractivity contribution >= 4 is 5.91 Å². The fourth-order valence-electron chi connectivity index (χ4n) is 3.11. The molecule has 1 N–H and O–H groups in total. The van der Waals surface area contributed by atoms with Gasteiger partial charge in [-0.2, -0.15) is 13.2 Å². The Morgan fingerprint density at radius 2 is 1.38 bits per heavy atom. The number of nitrogens with zero attached hydrogens (tertiary/aromatic N) is 2. The first-order valence-corrected chi connectivity index (χ1v) is 8.24. The summed E-state index contributed by atoms with van der Waals surface area (Å²) >= 11 is 0. The minimum absolute atomic E-state index is 0.0250. The van der Waals surface area contributed by atoms with Gasteiger partial charge in [0.25, 0.3) is 11.6 Å². The minimum Gasteiger partial charge on any atom is -0.360 e. The van der Waals surface area contributed by atoms with Crippen LogP contribution in [-0.2, 0) is 17.9 Å². The van der Waals surface area contributed by atoms with Crippen LogP contribution in [0.3, 0.4) is 0 Å². The maximum atomic E-state index is 13.7. The summed E-state index contributed by atoms with van der Waals surface area (Å²) in [6.07, 6.45) is -5.10. The van der Waals surface area contributed by atoms with Crippen molar-refractivity contribution in [3.8, 4) is 0 Å². The molecule has 2 aromatic rings. The maximum Gasteiger partial charge on any atom is 0.441 e. The molecule has 1 aliphatic rings. The van der Waals surface area contributed by atoms with Gasteiger partial charge in [-0.1, -0.05) is 60.7 Å². The molecule has 0 spiro atoms. The monoisotopic (exact) mass is 364 g/mol. The normalized spacial score (nSPS) is 21.8. The van der Waals surface area contributed by atoms with E-state index in [1.54, 1.807) is 60.7 Å². The van der Waals surface area contributed by atoms with E-state index < -0.39 is 17.8 Å². The van der Waals surface area contributed by atoms with Crippen LogP contribution >= 0.6 is 0 Å². The molecule has 138 valence electrons. The summed E-state index contributed by atoms with van der Waals surface area (Å²) in [6, 6.07) is 17.2. The highest BCUT2D eigenvalue weighted by atomic mass is 19.4. The molecule has 1 fully saturated rings. The van der Waals surface area contributed by atoms with Gasteiger partial charge in [-0.15, -0.1) is 0 Å². The molecular weight excluding hydrogens is 345 g/mol. The fourth-order valence-corrected chi connectivity index (χ4v) is 3.11. The van der Waals surface area contributed by atoms with Crippen molar-refractivity contribution in [3.05, 3.63) is 71.8 Å². The number of carbonyl (C=O) groups is 1. The highest BCUT2D eigenvalue weighted by molar-refractivity contribution is 5.86. The van der Waals surface area contributed by atoms with Crippen molar-refractivity contribution in [1.82, 2.24) is 9.80 Å². The lowest BCUT2D eigenvalue weighted by molar-refractivity contribution is -0.313. The molecule has 0 aromatic heterocycles. The molecule has 1 aliphatic heterocycles. The van der Waals surface area contributed by atoms with Crippen LogP contribution in [0.4, 0.5) is 13.2 Å². The topological polar surface area (TPSA) is 43.8 Å². The maximum absolute atomic E-state index is 13.7. The Balaban J connectivity index is 1.86. The predicted octanol–water partition coefficient (Wildman–Crippen LogP) is 2.78. The number of rotatable bonds is 4. The average molecular weight is 364 g/mol. The van der Waals surface area contributed by atoms with Crippen LogP contribution in [0.2, 0.25) is 0 Å². The molecule has 0 radical (unpaired) electrons. The number of hydrogen-bond donors (Lipinski definition) is 1. The van der Waals surface area contributed by atoms with Crippen LogP contribution < -0.4 is 0 Å². The second kappa shape index (κ2) is 7.09. The molecule has 7 heteroatoms. The van der Waals surface area contributed by atoms with Gasteiger partial charge in [0, 0.05) is 26.2 Å². The molecule has 0 bridgehead atoms. The number of alkyl halides is 3. The van der Waals surface area contributed by atoms with Crippen molar-refractivity contribution in [3.63, 3.8) is 0 Å². The summed E-state index contributed by atoms with van der Waals surface area (Å²) in [5, 5.41) is 10.5. The number of carbonyl (C=O) groups excluding carboxylic acids is 1. The number of benzene rings is 2. The second-order valence-electron chi connectivity index (χ2n) is 6.29. The van der Waals surface area contributed by atoms with Gasteiger partial charge in [0.2, 0.25) is 0 Å². The summed E-state index contributed by atoms with van der Waals surface area (Å²) in [6.45, 7) is -0.110. The van der Waals surface area contributed by atoms with Crippen molar-refractivity contribution < 1.29 is 23.1 Å². The van der Waals surface area contributed by atoms with E-state index in [0.717, 1.165) is 9.80 Å². The van der Waals surface area contributed by atoms with Gasteiger partial charge in [-0.25, -0.2) is 0 Å². The zero-order chi connectivity index (χ0) is 18.8. The Morgan fingerprint density at radius 3 is 1.88 bits per heavy atom. The van der Waals surface area contributed by atoms with Crippen LogP contribution in [0.5, 0.6) is 0 Å². The predicted molar refractivity (Wildman–Crippen MR) is 89.7 cm³/mol. The smallest absolute Gasteiger partial charge is 0.360 e. The highest BCUT2D eigenvalue weighted by Gasteiger charge is 2.66. The Kier molecular flexibility index (Phi) is 5.02. The molecule has 1 saturated heterocycles. The van der Waals surface area contributed by atoms with Gasteiger partial charge in [0.1, 0.15) is 0 Å². The van der Waals surface area contributed by atoms with E-state index in [-0.39, 0.29) is 26.2 Å². The number of piperazine rings is 1. The zero-order valence-electron chi connectivity index (χ0n) is 14.0. The van der Waals surface area contributed by atoms with Gasteiger partial charge in [0.15, 0.2) is 0 Å². The molecule has 0 aliphatic carbocycles. The lowest BCUT2D eigenvalue weighted by Crippen LogP contribution is -2.71. The first-order valence-electron chi connectivity index (χ1n) is 8.24. The molecule has 0 saturated carbocycles. The minimum atomic E-state index is -5.10. The Labute approximate surface area is 149 Å². The third-order valence-electron chi connectivity index (χ3n) is 4.51. The van der Waals surface area contributed by atoms with Gasteiger partial charge in [-0.3, -0.25) is 9.69 Å². The Bertz CT molecular complexity index is 752. The van der Waals surface area contributed by atoms with Crippen LogP contribution in [0.15, 0.2) is 60.7 Å². The van der Waals surface area contributed by atoms with E-state index in [2.05, 4.69) is 0 Å². The van der Waals surface area contributed by atoms with Gasteiger partial charge in [-0.05, 0) is 11.1 Å². The van der Waals surface area contributed by atoms with E-state index in [9.17, 15) is 23.1 Å². The SMILES string of the molecule is O=C1N(Cc2ccccc2)CCN(Cc2ccccc2)[C@]1(O)C(F)(F)F. The van der Waals surface area contributed by atoms with Gasteiger partial charge < -0.3 is 10.0 Å². The van der Waals surface area contributed by atoms with Gasteiger partial charge >= 0.3 is 6.18 Å². The third-order valence-corrected chi connectivity index (χ3v) is 4.51. The summed E-state index contributed by atoms with van der Waals surface area (Å²) in [4.78, 5) is 14.5. The number of halogens is 3. The van der Waals surface area contributed by atoms with Crippen molar-refractivity contribution in [2.75, 3.05) is 13.1 Å². The third kappa shape index (κ3) is 3.45. The largest absolute Gasteiger partial charge is 0.441 e. The standard InChI is InChI=1S/C19H19F3N2O2/c20-19(21,22)18(26)17(25)23(13-15-7-3-1-4-8-15)11-12-24(18)14-16-9-5-2-6-10-16/h1-10,26H,11-14H2/t18-/m1/s1. The lowest BCUT2D eigenvalue weighted by Gasteiger charge is -2.46. The van der Waals surface area contributed by atoms with E-state index in [1.807, 2.05) is 0 Å². The lowest BCUT2D eigenvalue weighted by atomic mass is 10.0. The molecule has 26 heavy (non-hydrogen) atoms. The number of hydrogen-bond acceptors (Lipinski definition) is 3. The summed E-state index contributed by atoms with van der Waals surface area (Å²) in [5.74, 6) is -1.34. The van der Waals surface area contributed by atoms with Crippen LogP contribution in [0, 0.1) is 0 Å². The fraction of sp³-hybridized carbons (Fsp3) is 0.316. The molecular formula is C19H19F3N2O2. The molecule has 1 atom stereocenters. The van der Waals surface area contributed by atoms with E-state index in [1.165, 1.54) is 0 Å². The first kappa shape index (κ1) is 18.4. The molecule has 3 rings (SSSR count). The van der Waals surface area contributed by atoms with Crippen molar-refractivity contribution in [1.29, 1.82) is 0 Å². The quantitative estimate of drug-likeness (QED) is 0.907. The summed E-state index contributed by atoms with van der Waals surface area (Å²) in [5.41, 5.74) is -2.23. The number of amides is 1. The average Bonchev–Trinajstić information content (AvgIpc) is 2.62.